The number of aryl methyl sites for hydroxylation is 1. The molecule has 0 aliphatic carbocycles. The van der Waals surface area contributed by atoms with Crippen LogP contribution in [-0.2, 0) is 11.2 Å². The van der Waals surface area contributed by atoms with Crippen LogP contribution in [0.2, 0.25) is 0 Å². The van der Waals surface area contributed by atoms with Crippen LogP contribution >= 0.6 is 0 Å². The molecule has 0 spiro atoms. The van der Waals surface area contributed by atoms with Crippen molar-refractivity contribution in [1.82, 2.24) is 4.90 Å². The van der Waals surface area contributed by atoms with Crippen molar-refractivity contribution in [3.8, 4) is 5.75 Å². The largest absolute Gasteiger partial charge is 0.492 e. The standard InChI is InChI=1S/C14H18F3NO2/c1-18(2)9-10-20-12-6-3-11(4-7-12)5-8-13(19)14(15,16)17/h3-4,6-7H,5,8-10H2,1-2H3. The smallest absolute Gasteiger partial charge is 0.449 e. The highest BCUT2D eigenvalue weighted by molar-refractivity contribution is 5.84. The van der Waals surface area contributed by atoms with Crippen LogP contribution in [0, 0.1) is 0 Å². The summed E-state index contributed by atoms with van der Waals surface area (Å²) in [5.74, 6) is -1.03. The fourth-order valence-electron chi connectivity index (χ4n) is 1.50. The van der Waals surface area contributed by atoms with Crippen LogP contribution in [0.3, 0.4) is 0 Å². The lowest BCUT2D eigenvalue weighted by Crippen LogP contribution is -2.22. The Hall–Kier alpha value is -1.56. The Kier molecular flexibility index (Phi) is 6.01. The van der Waals surface area contributed by atoms with Gasteiger partial charge in [-0.05, 0) is 38.2 Å². The Morgan fingerprint density at radius 1 is 1.20 bits per heavy atom. The SMILES string of the molecule is CN(C)CCOc1ccc(CCC(=O)C(F)(F)F)cc1. The molecule has 0 saturated heterocycles. The zero-order valence-electron chi connectivity index (χ0n) is 11.5. The van der Waals surface area contributed by atoms with Crippen molar-refractivity contribution in [2.24, 2.45) is 0 Å². The van der Waals surface area contributed by atoms with Crippen molar-refractivity contribution in [2.75, 3.05) is 27.2 Å². The van der Waals surface area contributed by atoms with Gasteiger partial charge in [0.1, 0.15) is 12.4 Å². The molecule has 0 heterocycles. The average Bonchev–Trinajstić information content (AvgIpc) is 2.36. The van der Waals surface area contributed by atoms with Crippen LogP contribution in [-0.4, -0.2) is 44.1 Å². The van der Waals surface area contributed by atoms with E-state index >= 15 is 0 Å². The van der Waals surface area contributed by atoms with Gasteiger partial charge >= 0.3 is 6.18 Å². The minimum absolute atomic E-state index is 0.0797. The number of benzene rings is 1. The Labute approximate surface area is 116 Å². The molecule has 0 saturated carbocycles. The Morgan fingerprint density at radius 2 is 1.80 bits per heavy atom. The molecule has 0 radical (unpaired) electrons. The number of nitrogens with zero attached hydrogens (tertiary/aromatic N) is 1. The van der Waals surface area contributed by atoms with Gasteiger partial charge in [-0.2, -0.15) is 13.2 Å². The van der Waals surface area contributed by atoms with E-state index in [9.17, 15) is 18.0 Å². The number of alkyl halides is 3. The molecular weight excluding hydrogens is 271 g/mol. The van der Waals surface area contributed by atoms with Gasteiger partial charge in [-0.3, -0.25) is 4.79 Å². The average molecular weight is 289 g/mol. The van der Waals surface area contributed by atoms with E-state index in [1.807, 2.05) is 19.0 Å². The fourth-order valence-corrected chi connectivity index (χ4v) is 1.50. The quantitative estimate of drug-likeness (QED) is 0.773. The number of ketones is 1. The van der Waals surface area contributed by atoms with Gasteiger partial charge in [-0.25, -0.2) is 0 Å². The molecule has 0 aromatic heterocycles. The molecule has 3 nitrogen and oxygen atoms in total. The van der Waals surface area contributed by atoms with Crippen LogP contribution in [0.5, 0.6) is 5.75 Å². The van der Waals surface area contributed by atoms with Crippen molar-refractivity contribution in [3.05, 3.63) is 29.8 Å². The lowest BCUT2D eigenvalue weighted by atomic mass is 10.1. The van der Waals surface area contributed by atoms with Crippen molar-refractivity contribution in [3.63, 3.8) is 0 Å². The fraction of sp³-hybridized carbons (Fsp3) is 0.500. The molecule has 0 atom stereocenters. The first kappa shape index (κ1) is 16.5. The number of hydrogen-bond acceptors (Lipinski definition) is 3. The lowest BCUT2D eigenvalue weighted by Gasteiger charge is -2.11. The van der Waals surface area contributed by atoms with Gasteiger partial charge in [0.2, 0.25) is 5.78 Å². The molecule has 1 aromatic carbocycles. The van der Waals surface area contributed by atoms with Gasteiger partial charge < -0.3 is 9.64 Å². The monoisotopic (exact) mass is 289 g/mol. The molecule has 0 N–H and O–H groups in total. The number of carbonyl (C=O) groups is 1. The van der Waals surface area contributed by atoms with Gasteiger partial charge in [-0.1, -0.05) is 12.1 Å². The van der Waals surface area contributed by atoms with Crippen molar-refractivity contribution in [2.45, 2.75) is 19.0 Å². The number of rotatable bonds is 7. The van der Waals surface area contributed by atoms with E-state index in [2.05, 4.69) is 0 Å². The minimum atomic E-state index is -4.74. The summed E-state index contributed by atoms with van der Waals surface area (Å²) in [4.78, 5) is 12.7. The van der Waals surface area contributed by atoms with Crippen LogP contribution in [0.4, 0.5) is 13.2 Å². The second kappa shape index (κ2) is 7.28. The summed E-state index contributed by atoms with van der Waals surface area (Å²) in [6.07, 6.45) is -5.18. The van der Waals surface area contributed by atoms with E-state index in [0.29, 0.717) is 17.9 Å². The molecule has 1 rings (SSSR count). The molecule has 0 unspecified atom stereocenters. The van der Waals surface area contributed by atoms with Crippen LogP contribution in [0.25, 0.3) is 0 Å². The Morgan fingerprint density at radius 3 is 2.30 bits per heavy atom. The molecule has 6 heteroatoms. The molecule has 0 amide bonds. The van der Waals surface area contributed by atoms with E-state index in [0.717, 1.165) is 6.54 Å². The van der Waals surface area contributed by atoms with Gasteiger partial charge in [0, 0.05) is 13.0 Å². The first-order valence-corrected chi connectivity index (χ1v) is 6.25. The van der Waals surface area contributed by atoms with Crippen LogP contribution in [0.1, 0.15) is 12.0 Å². The van der Waals surface area contributed by atoms with E-state index < -0.39 is 18.4 Å². The number of likely N-dealkylation sites (N-methyl/N-ethyl adjacent to an activating group) is 1. The van der Waals surface area contributed by atoms with Crippen molar-refractivity contribution < 1.29 is 22.7 Å². The highest BCUT2D eigenvalue weighted by Gasteiger charge is 2.37. The van der Waals surface area contributed by atoms with Gasteiger partial charge in [-0.15, -0.1) is 0 Å². The highest BCUT2D eigenvalue weighted by Crippen LogP contribution is 2.20. The third kappa shape index (κ3) is 6.06. The molecule has 0 bridgehead atoms. The number of ether oxygens (including phenoxy) is 1. The normalized spacial score (nSPS) is 11.7. The zero-order valence-corrected chi connectivity index (χ0v) is 11.5. The topological polar surface area (TPSA) is 29.5 Å². The molecule has 0 aliphatic heterocycles. The maximum absolute atomic E-state index is 12.0. The third-order valence-electron chi connectivity index (χ3n) is 2.69. The molecular formula is C14H18F3NO2. The van der Waals surface area contributed by atoms with Crippen molar-refractivity contribution in [1.29, 1.82) is 0 Å². The number of hydrogen-bond donors (Lipinski definition) is 0. The van der Waals surface area contributed by atoms with Gasteiger partial charge in [0.25, 0.3) is 0 Å². The first-order chi connectivity index (χ1) is 9.29. The van der Waals surface area contributed by atoms with E-state index in [-0.39, 0.29) is 6.42 Å². The molecule has 20 heavy (non-hydrogen) atoms. The predicted molar refractivity (Wildman–Crippen MR) is 69.9 cm³/mol. The van der Waals surface area contributed by atoms with E-state index in [1.165, 1.54) is 0 Å². The summed E-state index contributed by atoms with van der Waals surface area (Å²) >= 11 is 0. The molecule has 0 fully saturated rings. The first-order valence-electron chi connectivity index (χ1n) is 6.25. The maximum Gasteiger partial charge on any atom is 0.449 e. The number of Topliss-reactive ketones (excluding diaryl/α,β-unsaturated/α-hetero) is 1. The second-order valence-corrected chi connectivity index (χ2v) is 4.72. The summed E-state index contributed by atoms with van der Waals surface area (Å²) < 4.78 is 41.6. The summed E-state index contributed by atoms with van der Waals surface area (Å²) in [5.41, 5.74) is 0.683. The van der Waals surface area contributed by atoms with E-state index in [1.54, 1.807) is 24.3 Å². The van der Waals surface area contributed by atoms with Crippen LogP contribution < -0.4 is 4.74 Å². The summed E-state index contributed by atoms with van der Waals surface area (Å²) in [5, 5.41) is 0. The Balaban J connectivity index is 2.41. The second-order valence-electron chi connectivity index (χ2n) is 4.72. The van der Waals surface area contributed by atoms with E-state index in [4.69, 9.17) is 4.74 Å². The summed E-state index contributed by atoms with van der Waals surface area (Å²) in [6, 6.07) is 6.75. The highest BCUT2D eigenvalue weighted by atomic mass is 19.4. The summed E-state index contributed by atoms with van der Waals surface area (Å²) in [7, 11) is 3.87. The Bertz CT molecular complexity index is 427. The number of halogens is 3. The lowest BCUT2D eigenvalue weighted by molar-refractivity contribution is -0.171. The van der Waals surface area contributed by atoms with Crippen molar-refractivity contribution >= 4 is 5.78 Å². The zero-order chi connectivity index (χ0) is 15.2. The van der Waals surface area contributed by atoms with Gasteiger partial charge in [0.15, 0.2) is 0 Å². The molecule has 0 aliphatic rings. The number of carbonyl (C=O) groups excluding carboxylic acids is 1. The van der Waals surface area contributed by atoms with Gasteiger partial charge in [0.05, 0.1) is 0 Å². The van der Waals surface area contributed by atoms with Crippen LogP contribution in [0.15, 0.2) is 24.3 Å². The maximum atomic E-state index is 12.0. The molecule has 1 aromatic rings. The third-order valence-corrected chi connectivity index (χ3v) is 2.69. The predicted octanol–water partition coefficient (Wildman–Crippen LogP) is 2.69. The summed E-state index contributed by atoms with van der Waals surface area (Å²) in [6.45, 7) is 1.32. The minimum Gasteiger partial charge on any atom is -0.492 e. The molecule has 112 valence electrons.